The molecule has 0 spiro atoms. The molecule has 0 N–H and O–H groups in total. The fourth-order valence-corrected chi connectivity index (χ4v) is 0.235. The Labute approximate surface area is 61.2 Å². The lowest BCUT2D eigenvalue weighted by Gasteiger charge is -1.89. The van der Waals surface area contributed by atoms with E-state index in [0.29, 0.717) is 13.2 Å². The van der Waals surface area contributed by atoms with Gasteiger partial charge in [0.2, 0.25) is 0 Å². The molecule has 0 fully saturated rings. The van der Waals surface area contributed by atoms with Gasteiger partial charge < -0.3 is 4.74 Å². The monoisotopic (exact) mass is 125 g/mol. The van der Waals surface area contributed by atoms with Gasteiger partial charge in [-0.2, -0.15) is 0 Å². The second kappa shape index (κ2) is 10.1. The minimum Gasteiger partial charge on any atom is -0.373 e. The SMILES string of the molecule is C=CCOCC=C.[Al]. The zero-order valence-electron chi connectivity index (χ0n) is 4.97. The summed E-state index contributed by atoms with van der Waals surface area (Å²) in [6, 6.07) is 0. The molecule has 3 radical (unpaired) electrons. The quantitative estimate of drug-likeness (QED) is 0.309. The summed E-state index contributed by atoms with van der Waals surface area (Å²) in [5.41, 5.74) is 0. The van der Waals surface area contributed by atoms with Crippen molar-refractivity contribution >= 4 is 17.4 Å². The van der Waals surface area contributed by atoms with Crippen LogP contribution in [0.25, 0.3) is 0 Å². The van der Waals surface area contributed by atoms with Crippen LogP contribution in [-0.2, 0) is 4.74 Å². The van der Waals surface area contributed by atoms with Gasteiger partial charge in [-0.05, 0) is 0 Å². The third kappa shape index (κ3) is 9.36. The maximum absolute atomic E-state index is 4.90. The lowest BCUT2D eigenvalue weighted by molar-refractivity contribution is 0.194. The highest BCUT2D eigenvalue weighted by Gasteiger charge is 1.70. The van der Waals surface area contributed by atoms with Crippen LogP contribution < -0.4 is 0 Å². The molecule has 0 aliphatic rings. The molecule has 0 rings (SSSR count). The van der Waals surface area contributed by atoms with E-state index in [-0.39, 0.29) is 17.4 Å². The molecule has 0 aliphatic heterocycles. The van der Waals surface area contributed by atoms with Crippen LogP contribution in [0.15, 0.2) is 25.3 Å². The Morgan fingerprint density at radius 2 is 1.50 bits per heavy atom. The summed E-state index contributed by atoms with van der Waals surface area (Å²) < 4.78 is 4.90. The van der Waals surface area contributed by atoms with E-state index in [4.69, 9.17) is 4.74 Å². The molecular weight excluding hydrogens is 115 g/mol. The highest BCUT2D eigenvalue weighted by atomic mass is 27.0. The van der Waals surface area contributed by atoms with E-state index in [1.54, 1.807) is 12.2 Å². The zero-order valence-corrected chi connectivity index (χ0v) is 6.12. The van der Waals surface area contributed by atoms with Gasteiger partial charge in [0, 0.05) is 17.4 Å². The molecule has 2 heteroatoms. The van der Waals surface area contributed by atoms with Gasteiger partial charge in [-0.25, -0.2) is 0 Å². The molecule has 0 unspecified atom stereocenters. The molecule has 0 saturated carbocycles. The standard InChI is InChI=1S/C6H10O.Al/c1-3-5-7-6-4-2;/h3-4H,1-2,5-6H2;. The zero-order chi connectivity index (χ0) is 5.54. The largest absolute Gasteiger partial charge is 0.373 e. The van der Waals surface area contributed by atoms with E-state index < -0.39 is 0 Å². The second-order valence-electron chi connectivity index (χ2n) is 1.11. The third-order valence-corrected chi connectivity index (χ3v) is 0.471. The summed E-state index contributed by atoms with van der Waals surface area (Å²) in [5, 5.41) is 0. The van der Waals surface area contributed by atoms with Crippen LogP contribution in [0.5, 0.6) is 0 Å². The van der Waals surface area contributed by atoms with Crippen LogP contribution in [0.4, 0.5) is 0 Å². The van der Waals surface area contributed by atoms with E-state index in [9.17, 15) is 0 Å². The van der Waals surface area contributed by atoms with Crippen molar-refractivity contribution in [1.29, 1.82) is 0 Å². The van der Waals surface area contributed by atoms with Crippen LogP contribution in [0.2, 0.25) is 0 Å². The Bertz CT molecular complexity index is 53.5. The molecule has 0 aromatic carbocycles. The Balaban J connectivity index is 0. The summed E-state index contributed by atoms with van der Waals surface area (Å²) in [7, 11) is 0. The van der Waals surface area contributed by atoms with Crippen molar-refractivity contribution in [3.8, 4) is 0 Å². The summed E-state index contributed by atoms with van der Waals surface area (Å²) >= 11 is 0. The molecule has 0 saturated heterocycles. The maximum Gasteiger partial charge on any atom is 0.0649 e. The van der Waals surface area contributed by atoms with Crippen molar-refractivity contribution < 1.29 is 4.74 Å². The highest BCUT2D eigenvalue weighted by Crippen LogP contribution is 1.72. The average molecular weight is 125 g/mol. The number of ether oxygens (including phenoxy) is 1. The molecule has 0 amide bonds. The van der Waals surface area contributed by atoms with Crippen LogP contribution in [0.3, 0.4) is 0 Å². The van der Waals surface area contributed by atoms with Gasteiger partial charge in [0.1, 0.15) is 0 Å². The fourth-order valence-electron chi connectivity index (χ4n) is 0.235. The fraction of sp³-hybridized carbons (Fsp3) is 0.333. The lowest BCUT2D eigenvalue weighted by atomic mass is 10.6. The molecule has 0 atom stereocenters. The minimum absolute atomic E-state index is 0. The topological polar surface area (TPSA) is 9.23 Å². The van der Waals surface area contributed by atoms with Gasteiger partial charge >= 0.3 is 0 Å². The van der Waals surface area contributed by atoms with Crippen molar-refractivity contribution in [1.82, 2.24) is 0 Å². The van der Waals surface area contributed by atoms with Gasteiger partial charge in [-0.3, -0.25) is 0 Å². The maximum atomic E-state index is 4.90. The van der Waals surface area contributed by atoms with E-state index in [1.807, 2.05) is 0 Å². The summed E-state index contributed by atoms with van der Waals surface area (Å²) in [6.07, 6.45) is 3.42. The van der Waals surface area contributed by atoms with E-state index >= 15 is 0 Å². The first-order valence-corrected chi connectivity index (χ1v) is 2.21. The van der Waals surface area contributed by atoms with Crippen molar-refractivity contribution in [2.45, 2.75) is 0 Å². The summed E-state index contributed by atoms with van der Waals surface area (Å²) in [6.45, 7) is 8.18. The highest BCUT2D eigenvalue weighted by molar-refractivity contribution is 5.75. The normalized spacial score (nSPS) is 7.00. The number of hydrogen-bond donors (Lipinski definition) is 0. The second-order valence-corrected chi connectivity index (χ2v) is 1.11. The van der Waals surface area contributed by atoms with Crippen molar-refractivity contribution in [3.63, 3.8) is 0 Å². The Kier molecular flexibility index (Phi) is 13.7. The van der Waals surface area contributed by atoms with Crippen molar-refractivity contribution in [2.24, 2.45) is 0 Å². The first-order chi connectivity index (χ1) is 3.41. The smallest absolute Gasteiger partial charge is 0.0649 e. The number of rotatable bonds is 4. The van der Waals surface area contributed by atoms with Crippen molar-refractivity contribution in [2.75, 3.05) is 13.2 Å². The number of hydrogen-bond acceptors (Lipinski definition) is 1. The van der Waals surface area contributed by atoms with Gasteiger partial charge in [0.25, 0.3) is 0 Å². The van der Waals surface area contributed by atoms with Gasteiger partial charge in [-0.1, -0.05) is 12.2 Å². The molecule has 0 bridgehead atoms. The van der Waals surface area contributed by atoms with Gasteiger partial charge in [0.05, 0.1) is 13.2 Å². The van der Waals surface area contributed by atoms with Gasteiger partial charge in [0.15, 0.2) is 0 Å². The third-order valence-electron chi connectivity index (χ3n) is 0.471. The van der Waals surface area contributed by atoms with Crippen LogP contribution in [0, 0.1) is 0 Å². The van der Waals surface area contributed by atoms with E-state index in [0.717, 1.165) is 0 Å². The Morgan fingerprint density at radius 3 is 1.75 bits per heavy atom. The van der Waals surface area contributed by atoms with E-state index in [2.05, 4.69) is 13.2 Å². The molecule has 0 heterocycles. The molecule has 8 heavy (non-hydrogen) atoms. The van der Waals surface area contributed by atoms with Gasteiger partial charge in [-0.15, -0.1) is 13.2 Å². The molecule has 0 aromatic heterocycles. The first-order valence-electron chi connectivity index (χ1n) is 2.21. The summed E-state index contributed by atoms with van der Waals surface area (Å²) in [4.78, 5) is 0. The van der Waals surface area contributed by atoms with Crippen molar-refractivity contribution in [3.05, 3.63) is 25.3 Å². The lowest BCUT2D eigenvalue weighted by Crippen LogP contribution is -1.87. The summed E-state index contributed by atoms with van der Waals surface area (Å²) in [5.74, 6) is 0. The Morgan fingerprint density at radius 1 is 1.12 bits per heavy atom. The predicted molar refractivity (Wildman–Crippen MR) is 37.0 cm³/mol. The molecule has 0 aromatic rings. The molecular formula is C6H10AlO. The molecule has 1 nitrogen and oxygen atoms in total. The molecule has 43 valence electrons. The van der Waals surface area contributed by atoms with E-state index in [1.165, 1.54) is 0 Å². The van der Waals surface area contributed by atoms with Crippen LogP contribution in [-0.4, -0.2) is 30.6 Å². The average Bonchev–Trinajstić information content (AvgIpc) is 1.69. The predicted octanol–water partition coefficient (Wildman–Crippen LogP) is 0.994. The first kappa shape index (κ1) is 10.9. The molecule has 0 aliphatic carbocycles. The Hall–Kier alpha value is -0.0275. The van der Waals surface area contributed by atoms with Crippen LogP contribution >= 0.6 is 0 Å². The minimum atomic E-state index is 0. The van der Waals surface area contributed by atoms with Crippen LogP contribution in [0.1, 0.15) is 0 Å².